The lowest BCUT2D eigenvalue weighted by molar-refractivity contribution is -0.385. The molecule has 1 aromatic carbocycles. The minimum atomic E-state index is -0.421. The van der Waals surface area contributed by atoms with Gasteiger partial charge in [0.15, 0.2) is 0 Å². The third-order valence-electron chi connectivity index (χ3n) is 3.30. The lowest BCUT2D eigenvalue weighted by Crippen LogP contribution is -1.97. The molecule has 90 valence electrons. The fraction of sp³-hybridized carbons (Fsp3) is 0.333. The van der Waals surface area contributed by atoms with E-state index in [0.29, 0.717) is 5.75 Å². The number of aromatic nitrogens is 1. The van der Waals surface area contributed by atoms with Gasteiger partial charge < -0.3 is 9.30 Å². The second-order valence-corrected chi connectivity index (χ2v) is 4.04. The molecular weight excluding hydrogens is 220 g/mol. The SMILES string of the molecule is COc1c([N+](=O)[O-])ccc2c(C)c(C)n(C)c12. The van der Waals surface area contributed by atoms with Gasteiger partial charge in [0, 0.05) is 24.2 Å². The molecule has 5 heteroatoms. The van der Waals surface area contributed by atoms with Crippen molar-refractivity contribution in [1.82, 2.24) is 4.57 Å². The summed E-state index contributed by atoms with van der Waals surface area (Å²) < 4.78 is 7.13. The fourth-order valence-electron chi connectivity index (χ4n) is 2.16. The van der Waals surface area contributed by atoms with Crippen LogP contribution in [0.4, 0.5) is 5.69 Å². The lowest BCUT2D eigenvalue weighted by atomic mass is 10.1. The normalized spacial score (nSPS) is 10.8. The van der Waals surface area contributed by atoms with Gasteiger partial charge in [0.05, 0.1) is 17.5 Å². The van der Waals surface area contributed by atoms with E-state index in [2.05, 4.69) is 0 Å². The molecule has 0 aliphatic heterocycles. The van der Waals surface area contributed by atoms with Crippen LogP contribution in [0.15, 0.2) is 12.1 Å². The third kappa shape index (κ3) is 1.46. The molecular formula is C12H14N2O3. The number of fused-ring (bicyclic) bond motifs is 1. The van der Waals surface area contributed by atoms with Crippen LogP contribution in [0.2, 0.25) is 0 Å². The first-order chi connectivity index (χ1) is 7.99. The van der Waals surface area contributed by atoms with Gasteiger partial charge in [-0.3, -0.25) is 10.1 Å². The summed E-state index contributed by atoms with van der Waals surface area (Å²) in [6.45, 7) is 3.99. The summed E-state index contributed by atoms with van der Waals surface area (Å²) in [6.07, 6.45) is 0. The van der Waals surface area contributed by atoms with Gasteiger partial charge in [-0.2, -0.15) is 0 Å². The Morgan fingerprint density at radius 3 is 2.53 bits per heavy atom. The number of methoxy groups -OCH3 is 1. The molecule has 0 radical (unpaired) electrons. The van der Waals surface area contributed by atoms with Crippen molar-refractivity contribution in [3.8, 4) is 5.75 Å². The van der Waals surface area contributed by atoms with Crippen molar-refractivity contribution >= 4 is 16.6 Å². The van der Waals surface area contributed by atoms with Gasteiger partial charge >= 0.3 is 5.69 Å². The highest BCUT2D eigenvalue weighted by molar-refractivity contribution is 5.93. The highest BCUT2D eigenvalue weighted by Gasteiger charge is 2.22. The van der Waals surface area contributed by atoms with Crippen LogP contribution in [-0.4, -0.2) is 16.6 Å². The molecule has 17 heavy (non-hydrogen) atoms. The van der Waals surface area contributed by atoms with Crippen LogP contribution in [0.25, 0.3) is 10.9 Å². The van der Waals surface area contributed by atoms with Gasteiger partial charge in [-0.1, -0.05) is 0 Å². The summed E-state index contributed by atoms with van der Waals surface area (Å²) >= 11 is 0. The predicted molar refractivity (Wildman–Crippen MR) is 65.6 cm³/mol. The Hall–Kier alpha value is -2.04. The minimum absolute atomic E-state index is 0.000556. The number of nitrogens with zero attached hydrogens (tertiary/aromatic N) is 2. The summed E-state index contributed by atoms with van der Waals surface area (Å²) in [4.78, 5) is 10.5. The van der Waals surface area contributed by atoms with Gasteiger partial charge in [-0.05, 0) is 25.5 Å². The summed E-state index contributed by atoms with van der Waals surface area (Å²) in [6, 6.07) is 3.27. The zero-order valence-corrected chi connectivity index (χ0v) is 10.3. The molecule has 0 saturated carbocycles. The molecule has 0 amide bonds. The van der Waals surface area contributed by atoms with Crippen LogP contribution < -0.4 is 4.74 Å². The predicted octanol–water partition coefficient (Wildman–Crippen LogP) is 2.71. The average Bonchev–Trinajstić information content (AvgIpc) is 2.53. The van der Waals surface area contributed by atoms with E-state index in [9.17, 15) is 10.1 Å². The molecule has 1 aromatic heterocycles. The van der Waals surface area contributed by atoms with Crippen LogP contribution in [-0.2, 0) is 7.05 Å². The van der Waals surface area contributed by atoms with E-state index in [0.717, 1.165) is 22.2 Å². The zero-order chi connectivity index (χ0) is 12.7. The second-order valence-electron chi connectivity index (χ2n) is 4.04. The molecule has 5 nitrogen and oxygen atoms in total. The number of benzene rings is 1. The Bertz CT molecular complexity index is 614. The molecule has 0 aliphatic carbocycles. The second kappa shape index (κ2) is 3.76. The number of nitro groups is 1. The maximum Gasteiger partial charge on any atom is 0.313 e. The van der Waals surface area contributed by atoms with Crippen LogP contribution >= 0.6 is 0 Å². The molecule has 0 unspecified atom stereocenters. The molecule has 0 saturated heterocycles. The number of rotatable bonds is 2. The molecule has 1 heterocycles. The van der Waals surface area contributed by atoms with Crippen LogP contribution in [0.1, 0.15) is 11.3 Å². The Balaban J connectivity index is 2.96. The van der Waals surface area contributed by atoms with E-state index in [-0.39, 0.29) is 5.69 Å². The topological polar surface area (TPSA) is 57.3 Å². The highest BCUT2D eigenvalue weighted by atomic mass is 16.6. The molecule has 0 fully saturated rings. The first-order valence-electron chi connectivity index (χ1n) is 5.26. The molecule has 2 rings (SSSR count). The Morgan fingerprint density at radius 2 is 2.00 bits per heavy atom. The summed E-state index contributed by atoms with van der Waals surface area (Å²) in [5.74, 6) is 0.325. The lowest BCUT2D eigenvalue weighted by Gasteiger charge is -2.06. The van der Waals surface area contributed by atoms with E-state index in [4.69, 9.17) is 4.74 Å². The number of aryl methyl sites for hydroxylation is 2. The number of nitro benzene ring substituents is 1. The van der Waals surface area contributed by atoms with Gasteiger partial charge in [-0.15, -0.1) is 0 Å². The average molecular weight is 234 g/mol. The van der Waals surface area contributed by atoms with E-state index in [1.165, 1.54) is 13.2 Å². The van der Waals surface area contributed by atoms with Crippen LogP contribution in [0.3, 0.4) is 0 Å². The van der Waals surface area contributed by atoms with Crippen molar-refractivity contribution in [1.29, 1.82) is 0 Å². The van der Waals surface area contributed by atoms with Crippen molar-refractivity contribution in [3.63, 3.8) is 0 Å². The monoisotopic (exact) mass is 234 g/mol. The summed E-state index contributed by atoms with van der Waals surface area (Å²) in [5.41, 5.74) is 2.98. The van der Waals surface area contributed by atoms with E-state index >= 15 is 0 Å². The summed E-state index contributed by atoms with van der Waals surface area (Å²) in [7, 11) is 3.34. The quantitative estimate of drug-likeness (QED) is 0.593. The highest BCUT2D eigenvalue weighted by Crippen LogP contribution is 2.38. The maximum atomic E-state index is 10.9. The van der Waals surface area contributed by atoms with Gasteiger partial charge in [0.25, 0.3) is 0 Å². The fourth-order valence-corrected chi connectivity index (χ4v) is 2.16. The maximum absolute atomic E-state index is 10.9. The zero-order valence-electron chi connectivity index (χ0n) is 10.3. The van der Waals surface area contributed by atoms with Crippen LogP contribution in [0.5, 0.6) is 5.75 Å². The largest absolute Gasteiger partial charge is 0.489 e. The van der Waals surface area contributed by atoms with Crippen molar-refractivity contribution in [2.45, 2.75) is 13.8 Å². The molecule has 2 aromatic rings. The van der Waals surface area contributed by atoms with Crippen molar-refractivity contribution in [2.24, 2.45) is 7.05 Å². The summed E-state index contributed by atoms with van der Waals surface area (Å²) in [5, 5.41) is 11.9. The van der Waals surface area contributed by atoms with E-state index < -0.39 is 4.92 Å². The Kier molecular flexibility index (Phi) is 2.53. The van der Waals surface area contributed by atoms with Crippen LogP contribution in [0, 0.1) is 24.0 Å². The number of ether oxygens (including phenoxy) is 1. The smallest absolute Gasteiger partial charge is 0.313 e. The van der Waals surface area contributed by atoms with Crippen molar-refractivity contribution in [2.75, 3.05) is 7.11 Å². The molecule has 0 bridgehead atoms. The van der Waals surface area contributed by atoms with E-state index in [1.54, 1.807) is 6.07 Å². The van der Waals surface area contributed by atoms with Crippen molar-refractivity contribution in [3.05, 3.63) is 33.5 Å². The molecule has 0 aliphatic rings. The Morgan fingerprint density at radius 1 is 1.35 bits per heavy atom. The Labute approximate surface area is 98.8 Å². The third-order valence-corrected chi connectivity index (χ3v) is 3.30. The van der Waals surface area contributed by atoms with Gasteiger partial charge in [0.1, 0.15) is 0 Å². The molecule has 0 atom stereocenters. The molecule has 0 N–H and O–H groups in total. The minimum Gasteiger partial charge on any atom is -0.489 e. The molecule has 0 spiro atoms. The standard InChI is InChI=1S/C12H14N2O3/c1-7-8(2)13(3)11-9(7)5-6-10(14(15)16)12(11)17-4/h5-6H,1-4H3. The van der Waals surface area contributed by atoms with Crippen molar-refractivity contribution < 1.29 is 9.66 Å². The first-order valence-corrected chi connectivity index (χ1v) is 5.26. The van der Waals surface area contributed by atoms with Gasteiger partial charge in [-0.25, -0.2) is 0 Å². The van der Waals surface area contributed by atoms with E-state index in [1.807, 2.05) is 25.5 Å². The number of hydrogen-bond acceptors (Lipinski definition) is 3. The van der Waals surface area contributed by atoms with Gasteiger partial charge in [0.2, 0.25) is 5.75 Å². The number of hydrogen-bond donors (Lipinski definition) is 0. The first kappa shape index (κ1) is 11.4.